The van der Waals surface area contributed by atoms with Gasteiger partial charge in [-0.3, -0.25) is 9.59 Å². The Kier molecular flexibility index (Phi) is 3.57. The van der Waals surface area contributed by atoms with Crippen molar-refractivity contribution in [3.05, 3.63) is 35.9 Å². The number of rotatable bonds is 2. The zero-order chi connectivity index (χ0) is 12.3. The lowest BCUT2D eigenvalue weighted by Crippen LogP contribution is -2.31. The summed E-state index contributed by atoms with van der Waals surface area (Å²) in [6, 6.07) is 10.0. The summed E-state index contributed by atoms with van der Waals surface area (Å²) in [6.45, 7) is 0. The van der Waals surface area contributed by atoms with E-state index < -0.39 is 11.9 Å². The first-order valence-electron chi connectivity index (χ1n) is 5.88. The number of benzene rings is 1. The summed E-state index contributed by atoms with van der Waals surface area (Å²) in [5.74, 6) is -0.656. The molecule has 0 unspecified atom stereocenters. The number of ketones is 1. The standard InChI is InChI=1S/C14H16O3/c1-17-14(16)12-9-11(7-8-13(12)15)10-5-3-2-4-6-10/h2-6,11-12H,7-9H2,1H3/t11-,12+/m0/s1. The Morgan fingerprint density at radius 1 is 1.29 bits per heavy atom. The summed E-state index contributed by atoms with van der Waals surface area (Å²) in [5.41, 5.74) is 1.20. The van der Waals surface area contributed by atoms with Crippen LogP contribution in [-0.4, -0.2) is 18.9 Å². The van der Waals surface area contributed by atoms with E-state index in [1.165, 1.54) is 12.7 Å². The Hall–Kier alpha value is -1.64. The van der Waals surface area contributed by atoms with Gasteiger partial charge in [0.15, 0.2) is 0 Å². The van der Waals surface area contributed by atoms with E-state index in [9.17, 15) is 9.59 Å². The molecule has 0 N–H and O–H groups in total. The lowest BCUT2D eigenvalue weighted by atomic mass is 9.77. The largest absolute Gasteiger partial charge is 0.468 e. The summed E-state index contributed by atoms with van der Waals surface area (Å²) in [4.78, 5) is 23.2. The molecule has 1 aromatic carbocycles. The highest BCUT2D eigenvalue weighted by Gasteiger charge is 2.34. The molecule has 0 heterocycles. The summed E-state index contributed by atoms with van der Waals surface area (Å²) in [6.07, 6.45) is 1.88. The van der Waals surface area contributed by atoms with Crippen molar-refractivity contribution in [3.63, 3.8) is 0 Å². The van der Waals surface area contributed by atoms with Crippen LogP contribution >= 0.6 is 0 Å². The number of hydrogen-bond donors (Lipinski definition) is 0. The second kappa shape index (κ2) is 5.13. The predicted molar refractivity (Wildman–Crippen MR) is 63.5 cm³/mol. The Bertz CT molecular complexity index is 403. The zero-order valence-electron chi connectivity index (χ0n) is 9.89. The summed E-state index contributed by atoms with van der Waals surface area (Å²) < 4.78 is 4.68. The zero-order valence-corrected chi connectivity index (χ0v) is 9.89. The Balaban J connectivity index is 2.13. The molecule has 0 saturated heterocycles. The molecule has 0 bridgehead atoms. The van der Waals surface area contributed by atoms with Crippen LogP contribution in [0.5, 0.6) is 0 Å². The molecule has 1 fully saturated rings. The van der Waals surface area contributed by atoms with Crippen molar-refractivity contribution in [3.8, 4) is 0 Å². The number of esters is 1. The maximum Gasteiger partial charge on any atom is 0.316 e. The second-order valence-corrected chi connectivity index (χ2v) is 4.42. The molecule has 3 nitrogen and oxygen atoms in total. The third-order valence-corrected chi connectivity index (χ3v) is 3.40. The summed E-state index contributed by atoms with van der Waals surface area (Å²) in [5, 5.41) is 0. The summed E-state index contributed by atoms with van der Waals surface area (Å²) >= 11 is 0. The monoisotopic (exact) mass is 232 g/mol. The van der Waals surface area contributed by atoms with Gasteiger partial charge in [-0.15, -0.1) is 0 Å². The second-order valence-electron chi connectivity index (χ2n) is 4.42. The molecule has 2 atom stereocenters. The van der Waals surface area contributed by atoms with Gasteiger partial charge in [0.1, 0.15) is 11.7 Å². The van der Waals surface area contributed by atoms with E-state index in [-0.39, 0.29) is 11.7 Å². The molecule has 0 amide bonds. The van der Waals surface area contributed by atoms with Gasteiger partial charge in [-0.25, -0.2) is 0 Å². The van der Waals surface area contributed by atoms with Crippen molar-refractivity contribution in [1.29, 1.82) is 0 Å². The van der Waals surface area contributed by atoms with E-state index in [1.807, 2.05) is 18.2 Å². The van der Waals surface area contributed by atoms with E-state index >= 15 is 0 Å². The quantitative estimate of drug-likeness (QED) is 0.580. The number of hydrogen-bond acceptors (Lipinski definition) is 3. The fourth-order valence-electron chi connectivity index (χ4n) is 2.42. The van der Waals surface area contributed by atoms with Crippen LogP contribution in [0.25, 0.3) is 0 Å². The van der Waals surface area contributed by atoms with Crippen LogP contribution in [0.4, 0.5) is 0 Å². The van der Waals surface area contributed by atoms with E-state index in [0.717, 1.165) is 6.42 Å². The van der Waals surface area contributed by atoms with Gasteiger partial charge in [0.05, 0.1) is 7.11 Å². The van der Waals surface area contributed by atoms with Crippen molar-refractivity contribution in [2.75, 3.05) is 7.11 Å². The molecule has 0 aliphatic heterocycles. The highest BCUT2D eigenvalue weighted by molar-refractivity contribution is 5.99. The molecule has 0 radical (unpaired) electrons. The van der Waals surface area contributed by atoms with Gasteiger partial charge in [-0.05, 0) is 24.3 Å². The van der Waals surface area contributed by atoms with Crippen molar-refractivity contribution < 1.29 is 14.3 Å². The Morgan fingerprint density at radius 2 is 2.00 bits per heavy atom. The normalized spacial score (nSPS) is 24.4. The minimum atomic E-state index is -0.570. The van der Waals surface area contributed by atoms with Gasteiger partial charge >= 0.3 is 5.97 Å². The van der Waals surface area contributed by atoms with E-state index in [2.05, 4.69) is 16.9 Å². The lowest BCUT2D eigenvalue weighted by Gasteiger charge is -2.26. The average molecular weight is 232 g/mol. The van der Waals surface area contributed by atoms with Crippen LogP contribution in [-0.2, 0) is 14.3 Å². The first kappa shape index (κ1) is 11.8. The Morgan fingerprint density at radius 3 is 2.65 bits per heavy atom. The molecule has 0 spiro atoms. The highest BCUT2D eigenvalue weighted by atomic mass is 16.5. The predicted octanol–water partition coefficient (Wildman–Crippen LogP) is 2.31. The van der Waals surface area contributed by atoms with Gasteiger partial charge < -0.3 is 4.74 Å². The van der Waals surface area contributed by atoms with Crippen molar-refractivity contribution in [1.82, 2.24) is 0 Å². The molecular formula is C14H16O3. The molecule has 0 aromatic heterocycles. The SMILES string of the molecule is COC(=O)[C@@H]1C[C@@H](c2ccccc2)CCC1=O. The number of carbonyl (C=O) groups is 2. The summed E-state index contributed by atoms with van der Waals surface area (Å²) in [7, 11) is 1.34. The molecule has 3 heteroatoms. The maximum atomic E-state index is 11.7. The molecule has 1 aromatic rings. The van der Waals surface area contributed by atoms with E-state index in [1.54, 1.807) is 0 Å². The number of Topliss-reactive ketones (excluding diaryl/α,β-unsaturated/α-hetero) is 1. The third-order valence-electron chi connectivity index (χ3n) is 3.40. The van der Waals surface area contributed by atoms with E-state index in [0.29, 0.717) is 12.8 Å². The molecule has 17 heavy (non-hydrogen) atoms. The molecule has 1 saturated carbocycles. The number of ether oxygens (including phenoxy) is 1. The third kappa shape index (κ3) is 2.54. The number of methoxy groups -OCH3 is 1. The first-order chi connectivity index (χ1) is 8.22. The topological polar surface area (TPSA) is 43.4 Å². The smallest absolute Gasteiger partial charge is 0.316 e. The highest BCUT2D eigenvalue weighted by Crippen LogP contribution is 2.34. The van der Waals surface area contributed by atoms with Crippen molar-refractivity contribution in [2.45, 2.75) is 25.2 Å². The molecular weight excluding hydrogens is 216 g/mol. The van der Waals surface area contributed by atoms with Crippen LogP contribution < -0.4 is 0 Å². The van der Waals surface area contributed by atoms with Crippen LogP contribution in [0.15, 0.2) is 30.3 Å². The van der Waals surface area contributed by atoms with Crippen LogP contribution in [0.2, 0.25) is 0 Å². The average Bonchev–Trinajstić information content (AvgIpc) is 2.39. The first-order valence-corrected chi connectivity index (χ1v) is 5.88. The number of carbonyl (C=O) groups excluding carboxylic acids is 2. The molecule has 90 valence electrons. The molecule has 1 aliphatic rings. The molecule has 1 aliphatic carbocycles. The molecule has 2 rings (SSSR count). The van der Waals surface area contributed by atoms with Crippen LogP contribution in [0, 0.1) is 5.92 Å². The lowest BCUT2D eigenvalue weighted by molar-refractivity contribution is -0.150. The minimum Gasteiger partial charge on any atom is -0.468 e. The van der Waals surface area contributed by atoms with Crippen molar-refractivity contribution >= 4 is 11.8 Å². The van der Waals surface area contributed by atoms with Gasteiger partial charge in [-0.2, -0.15) is 0 Å². The fraction of sp³-hybridized carbons (Fsp3) is 0.429. The van der Waals surface area contributed by atoms with Gasteiger partial charge in [0.2, 0.25) is 0 Å². The minimum absolute atomic E-state index is 0.0176. The van der Waals surface area contributed by atoms with E-state index in [4.69, 9.17) is 0 Å². The van der Waals surface area contributed by atoms with Gasteiger partial charge in [0.25, 0.3) is 0 Å². The fourth-order valence-corrected chi connectivity index (χ4v) is 2.42. The Labute approximate surface area is 101 Å². The van der Waals surface area contributed by atoms with Crippen LogP contribution in [0.3, 0.4) is 0 Å². The van der Waals surface area contributed by atoms with Gasteiger partial charge in [-0.1, -0.05) is 30.3 Å². The van der Waals surface area contributed by atoms with Crippen molar-refractivity contribution in [2.24, 2.45) is 5.92 Å². The van der Waals surface area contributed by atoms with Gasteiger partial charge in [0, 0.05) is 6.42 Å². The van der Waals surface area contributed by atoms with Crippen LogP contribution in [0.1, 0.15) is 30.7 Å². The maximum absolute atomic E-state index is 11.7.